The second kappa shape index (κ2) is 5.77. The van der Waals surface area contributed by atoms with Crippen LogP contribution in [0, 0.1) is 0 Å². The molecule has 0 aliphatic carbocycles. The summed E-state index contributed by atoms with van der Waals surface area (Å²) >= 11 is 4.74. The van der Waals surface area contributed by atoms with Crippen molar-refractivity contribution in [1.82, 2.24) is 5.32 Å². The number of hydrogen-bond acceptors (Lipinski definition) is 4. The molecule has 0 bridgehead atoms. The van der Waals surface area contributed by atoms with Gasteiger partial charge in [0.25, 0.3) is 5.91 Å². The van der Waals surface area contributed by atoms with Crippen LogP contribution in [-0.2, 0) is 9.47 Å². The van der Waals surface area contributed by atoms with E-state index in [1.54, 1.807) is 0 Å². The van der Waals surface area contributed by atoms with Crippen LogP contribution in [0.15, 0.2) is 15.9 Å². The van der Waals surface area contributed by atoms with E-state index in [4.69, 9.17) is 9.47 Å². The zero-order valence-corrected chi connectivity index (χ0v) is 11.0. The molecule has 16 heavy (non-hydrogen) atoms. The summed E-state index contributed by atoms with van der Waals surface area (Å²) in [7, 11) is 0. The van der Waals surface area contributed by atoms with Crippen LogP contribution in [0.2, 0.25) is 0 Å². The molecule has 1 aromatic rings. The number of carbonyl (C=O) groups excluding carboxylic acids is 1. The van der Waals surface area contributed by atoms with Crippen LogP contribution in [0.25, 0.3) is 0 Å². The van der Waals surface area contributed by atoms with Crippen LogP contribution in [0.4, 0.5) is 0 Å². The molecule has 1 aliphatic rings. The van der Waals surface area contributed by atoms with E-state index < -0.39 is 0 Å². The number of thiophene rings is 1. The lowest BCUT2D eigenvalue weighted by Gasteiger charge is -2.22. The van der Waals surface area contributed by atoms with Crippen LogP contribution >= 0.6 is 27.3 Å². The van der Waals surface area contributed by atoms with Crippen molar-refractivity contribution >= 4 is 33.2 Å². The number of ether oxygens (including phenoxy) is 2. The SMILES string of the molecule is O=C(NCC1COCCO1)c1sccc1Br. The average molecular weight is 306 g/mol. The third-order valence-electron chi connectivity index (χ3n) is 2.20. The fourth-order valence-corrected chi connectivity index (χ4v) is 2.86. The van der Waals surface area contributed by atoms with Gasteiger partial charge in [0.15, 0.2) is 0 Å². The molecule has 0 spiro atoms. The molecular formula is C10H12BrNO3S. The van der Waals surface area contributed by atoms with Crippen molar-refractivity contribution in [2.24, 2.45) is 0 Å². The summed E-state index contributed by atoms with van der Waals surface area (Å²) in [4.78, 5) is 12.4. The highest BCUT2D eigenvalue weighted by Crippen LogP contribution is 2.22. The fourth-order valence-electron chi connectivity index (χ4n) is 1.40. The van der Waals surface area contributed by atoms with Gasteiger partial charge in [-0.15, -0.1) is 11.3 Å². The molecule has 88 valence electrons. The average Bonchev–Trinajstić information content (AvgIpc) is 2.74. The second-order valence-electron chi connectivity index (χ2n) is 3.38. The van der Waals surface area contributed by atoms with E-state index in [1.807, 2.05) is 11.4 Å². The van der Waals surface area contributed by atoms with Crippen LogP contribution in [-0.4, -0.2) is 38.4 Å². The lowest BCUT2D eigenvalue weighted by molar-refractivity contribution is -0.0855. The van der Waals surface area contributed by atoms with Gasteiger partial charge in [-0.1, -0.05) is 0 Å². The normalized spacial score (nSPS) is 20.7. The zero-order chi connectivity index (χ0) is 11.4. The maximum Gasteiger partial charge on any atom is 0.262 e. The molecule has 0 aromatic carbocycles. The maximum atomic E-state index is 11.7. The number of halogens is 1. The predicted molar refractivity (Wildman–Crippen MR) is 64.9 cm³/mol. The molecule has 2 rings (SSSR count). The van der Waals surface area contributed by atoms with Crippen molar-refractivity contribution in [3.05, 3.63) is 20.8 Å². The van der Waals surface area contributed by atoms with Gasteiger partial charge in [0.1, 0.15) is 4.88 Å². The third-order valence-corrected chi connectivity index (χ3v) is 4.04. The van der Waals surface area contributed by atoms with Gasteiger partial charge in [-0.25, -0.2) is 0 Å². The van der Waals surface area contributed by atoms with E-state index in [0.717, 1.165) is 4.47 Å². The van der Waals surface area contributed by atoms with E-state index in [2.05, 4.69) is 21.2 Å². The highest BCUT2D eigenvalue weighted by atomic mass is 79.9. The van der Waals surface area contributed by atoms with Gasteiger partial charge < -0.3 is 14.8 Å². The summed E-state index contributed by atoms with van der Waals surface area (Å²) in [6, 6.07) is 1.86. The zero-order valence-electron chi connectivity index (χ0n) is 8.57. The quantitative estimate of drug-likeness (QED) is 0.924. The lowest BCUT2D eigenvalue weighted by Crippen LogP contribution is -2.39. The van der Waals surface area contributed by atoms with Crippen molar-refractivity contribution < 1.29 is 14.3 Å². The minimum absolute atomic E-state index is 0.0311. The molecule has 1 amide bonds. The molecule has 1 N–H and O–H groups in total. The standard InChI is InChI=1S/C10H12BrNO3S/c11-8-1-4-16-9(8)10(13)12-5-7-6-14-2-3-15-7/h1,4,7H,2-3,5-6H2,(H,12,13). The first-order valence-electron chi connectivity index (χ1n) is 4.98. The van der Waals surface area contributed by atoms with E-state index in [0.29, 0.717) is 31.2 Å². The Kier molecular flexibility index (Phi) is 4.34. The minimum Gasteiger partial charge on any atom is -0.376 e. The van der Waals surface area contributed by atoms with Crippen LogP contribution in [0.5, 0.6) is 0 Å². The third kappa shape index (κ3) is 3.04. The first-order valence-corrected chi connectivity index (χ1v) is 6.65. The number of rotatable bonds is 3. The molecule has 0 radical (unpaired) electrons. The fraction of sp³-hybridized carbons (Fsp3) is 0.500. The van der Waals surface area contributed by atoms with E-state index in [9.17, 15) is 4.79 Å². The summed E-state index contributed by atoms with van der Waals surface area (Å²) in [5.41, 5.74) is 0. The van der Waals surface area contributed by atoms with Gasteiger partial charge in [-0.3, -0.25) is 4.79 Å². The molecule has 1 saturated heterocycles. The van der Waals surface area contributed by atoms with Gasteiger partial charge in [0.05, 0.1) is 25.9 Å². The predicted octanol–water partition coefficient (Wildman–Crippen LogP) is 1.66. The van der Waals surface area contributed by atoms with E-state index >= 15 is 0 Å². The Morgan fingerprint density at radius 1 is 1.62 bits per heavy atom. The smallest absolute Gasteiger partial charge is 0.262 e. The van der Waals surface area contributed by atoms with Crippen molar-refractivity contribution in [3.8, 4) is 0 Å². The summed E-state index contributed by atoms with van der Waals surface area (Å²) in [6.45, 7) is 2.28. The minimum atomic E-state index is -0.0731. The van der Waals surface area contributed by atoms with Crippen LogP contribution in [0.3, 0.4) is 0 Å². The summed E-state index contributed by atoms with van der Waals surface area (Å²) in [6.07, 6.45) is -0.0311. The summed E-state index contributed by atoms with van der Waals surface area (Å²) in [5.74, 6) is -0.0731. The number of carbonyl (C=O) groups is 1. The molecule has 1 aromatic heterocycles. The molecule has 4 nitrogen and oxygen atoms in total. The summed E-state index contributed by atoms with van der Waals surface area (Å²) in [5, 5.41) is 4.71. The monoisotopic (exact) mass is 305 g/mol. The molecule has 0 saturated carbocycles. The molecule has 1 atom stereocenters. The van der Waals surface area contributed by atoms with Gasteiger partial charge in [-0.2, -0.15) is 0 Å². The van der Waals surface area contributed by atoms with Crippen molar-refractivity contribution in [2.45, 2.75) is 6.10 Å². The first-order chi connectivity index (χ1) is 7.77. The van der Waals surface area contributed by atoms with Crippen molar-refractivity contribution in [3.63, 3.8) is 0 Å². The highest BCUT2D eigenvalue weighted by molar-refractivity contribution is 9.10. The topological polar surface area (TPSA) is 47.6 Å². The van der Waals surface area contributed by atoms with Gasteiger partial charge in [0, 0.05) is 11.0 Å². The number of amides is 1. The van der Waals surface area contributed by atoms with Crippen molar-refractivity contribution in [1.29, 1.82) is 0 Å². The highest BCUT2D eigenvalue weighted by Gasteiger charge is 2.17. The maximum absolute atomic E-state index is 11.7. The largest absolute Gasteiger partial charge is 0.376 e. The Balaban J connectivity index is 1.81. The Morgan fingerprint density at radius 3 is 3.12 bits per heavy atom. The molecule has 2 heterocycles. The Labute approximate surface area is 106 Å². The lowest BCUT2D eigenvalue weighted by atomic mass is 10.3. The van der Waals surface area contributed by atoms with Gasteiger partial charge in [-0.05, 0) is 27.4 Å². The molecule has 1 fully saturated rings. The van der Waals surface area contributed by atoms with E-state index in [-0.39, 0.29) is 12.0 Å². The number of nitrogens with one attached hydrogen (secondary N) is 1. The van der Waals surface area contributed by atoms with Crippen LogP contribution in [0.1, 0.15) is 9.67 Å². The van der Waals surface area contributed by atoms with Gasteiger partial charge >= 0.3 is 0 Å². The Hall–Kier alpha value is -0.430. The van der Waals surface area contributed by atoms with Crippen LogP contribution < -0.4 is 5.32 Å². The Bertz CT molecular complexity index is 363. The van der Waals surface area contributed by atoms with Crippen molar-refractivity contribution in [2.75, 3.05) is 26.4 Å². The summed E-state index contributed by atoms with van der Waals surface area (Å²) < 4.78 is 11.5. The number of hydrogen-bond donors (Lipinski definition) is 1. The first kappa shape index (κ1) is 12.0. The van der Waals surface area contributed by atoms with Gasteiger partial charge in [0.2, 0.25) is 0 Å². The molecular weight excluding hydrogens is 294 g/mol. The Morgan fingerprint density at radius 2 is 2.50 bits per heavy atom. The molecule has 6 heteroatoms. The van der Waals surface area contributed by atoms with E-state index in [1.165, 1.54) is 11.3 Å². The molecule has 1 aliphatic heterocycles. The molecule has 1 unspecified atom stereocenters. The second-order valence-corrected chi connectivity index (χ2v) is 5.15.